The number of halogens is 1. The summed E-state index contributed by atoms with van der Waals surface area (Å²) in [6, 6.07) is 18.8. The van der Waals surface area contributed by atoms with Crippen LogP contribution in [0.4, 0.5) is 0 Å². The molecule has 2 aliphatic rings. The molecule has 0 unspecified atom stereocenters. The molecule has 1 aromatic heterocycles. The van der Waals surface area contributed by atoms with Crippen LogP contribution < -0.4 is 10.1 Å². The van der Waals surface area contributed by atoms with Crippen LogP contribution in [0.5, 0.6) is 11.6 Å². The van der Waals surface area contributed by atoms with Gasteiger partial charge in [0.1, 0.15) is 17.4 Å². The van der Waals surface area contributed by atoms with E-state index in [0.717, 1.165) is 5.56 Å². The summed E-state index contributed by atoms with van der Waals surface area (Å²) in [7, 11) is 0. The summed E-state index contributed by atoms with van der Waals surface area (Å²) in [5, 5.41) is 3.50. The molecule has 2 fully saturated rings. The lowest BCUT2D eigenvalue weighted by molar-refractivity contribution is -0.144. The van der Waals surface area contributed by atoms with Crippen LogP contribution in [0.1, 0.15) is 28.8 Å². The van der Waals surface area contributed by atoms with Crippen molar-refractivity contribution >= 4 is 29.3 Å². The molecule has 41 heavy (non-hydrogen) atoms. The predicted octanol–water partition coefficient (Wildman–Crippen LogP) is 3.97. The van der Waals surface area contributed by atoms with Crippen molar-refractivity contribution in [3.05, 3.63) is 89.1 Å². The monoisotopic (exact) mass is 576 g/mol. The fourth-order valence-corrected chi connectivity index (χ4v) is 5.28. The number of amides is 3. The van der Waals surface area contributed by atoms with E-state index in [1.54, 1.807) is 41.3 Å². The maximum Gasteiger partial charge on any atom is 0.257 e. The summed E-state index contributed by atoms with van der Waals surface area (Å²) < 4.78 is 11.2. The van der Waals surface area contributed by atoms with Crippen LogP contribution in [0.3, 0.4) is 0 Å². The number of rotatable bonds is 8. The lowest BCUT2D eigenvalue weighted by Gasteiger charge is -2.36. The Labute approximate surface area is 244 Å². The zero-order valence-corrected chi connectivity index (χ0v) is 23.5. The summed E-state index contributed by atoms with van der Waals surface area (Å²) in [6.45, 7) is 3.26. The van der Waals surface area contributed by atoms with Gasteiger partial charge in [0.05, 0.1) is 13.2 Å². The van der Waals surface area contributed by atoms with E-state index in [9.17, 15) is 14.4 Å². The van der Waals surface area contributed by atoms with Crippen LogP contribution in [-0.4, -0.2) is 77.9 Å². The highest BCUT2D eigenvalue weighted by atomic mass is 35.5. The average molecular weight is 577 g/mol. The number of carbonyl (C=O) groups is 3. The van der Waals surface area contributed by atoms with Crippen molar-refractivity contribution in [1.29, 1.82) is 0 Å². The average Bonchev–Trinajstić information content (AvgIpc) is 3.02. The minimum Gasteiger partial charge on any atom is -0.438 e. The van der Waals surface area contributed by atoms with Crippen LogP contribution in [0.2, 0.25) is 5.02 Å². The van der Waals surface area contributed by atoms with Crippen molar-refractivity contribution < 1.29 is 23.9 Å². The number of hydrogen-bond acceptors (Lipinski definition) is 6. The Morgan fingerprint density at radius 2 is 1.63 bits per heavy atom. The number of hydrogen-bond donors (Lipinski definition) is 1. The van der Waals surface area contributed by atoms with E-state index >= 15 is 0 Å². The lowest BCUT2D eigenvalue weighted by Crippen LogP contribution is -2.53. The molecule has 0 saturated carbocycles. The van der Waals surface area contributed by atoms with Gasteiger partial charge in [-0.25, -0.2) is 4.98 Å². The number of nitrogens with zero attached hydrogens (tertiary/aromatic N) is 3. The van der Waals surface area contributed by atoms with Gasteiger partial charge in [0.25, 0.3) is 5.91 Å². The van der Waals surface area contributed by atoms with E-state index in [2.05, 4.69) is 10.3 Å². The summed E-state index contributed by atoms with van der Waals surface area (Å²) in [4.78, 5) is 48.2. The van der Waals surface area contributed by atoms with Crippen LogP contribution in [0.25, 0.3) is 0 Å². The summed E-state index contributed by atoms with van der Waals surface area (Å²) in [6.07, 6.45) is 3.05. The lowest BCUT2D eigenvalue weighted by atomic mass is 9.94. The zero-order valence-electron chi connectivity index (χ0n) is 22.7. The van der Waals surface area contributed by atoms with Crippen LogP contribution in [0.15, 0.2) is 72.9 Å². The molecular formula is C31H33ClN4O5. The van der Waals surface area contributed by atoms with E-state index < -0.39 is 11.9 Å². The Morgan fingerprint density at radius 1 is 0.927 bits per heavy atom. The summed E-state index contributed by atoms with van der Waals surface area (Å²) in [5.41, 5.74) is 1.13. The van der Waals surface area contributed by atoms with Gasteiger partial charge in [-0.15, -0.1) is 0 Å². The number of benzene rings is 2. The van der Waals surface area contributed by atoms with Crippen molar-refractivity contribution in [3.8, 4) is 11.6 Å². The minimum absolute atomic E-state index is 0.109. The van der Waals surface area contributed by atoms with E-state index in [1.807, 2.05) is 35.2 Å². The summed E-state index contributed by atoms with van der Waals surface area (Å²) >= 11 is 5.98. The molecule has 1 N–H and O–H groups in total. The number of carbonyl (C=O) groups excluding carboxylic acids is 3. The second-order valence-electron chi connectivity index (χ2n) is 10.2. The molecule has 5 rings (SSSR count). The summed E-state index contributed by atoms with van der Waals surface area (Å²) in [5.74, 6) is -0.00638. The van der Waals surface area contributed by atoms with Crippen LogP contribution >= 0.6 is 11.6 Å². The third-order valence-corrected chi connectivity index (χ3v) is 7.66. The van der Waals surface area contributed by atoms with Gasteiger partial charge in [-0.3, -0.25) is 14.4 Å². The Balaban J connectivity index is 1.28. The van der Waals surface area contributed by atoms with Crippen molar-refractivity contribution in [2.24, 2.45) is 5.92 Å². The number of ether oxygens (including phenoxy) is 2. The molecule has 0 radical (unpaired) electrons. The highest BCUT2D eigenvalue weighted by Crippen LogP contribution is 2.25. The van der Waals surface area contributed by atoms with Gasteiger partial charge >= 0.3 is 0 Å². The number of morpholine rings is 1. The van der Waals surface area contributed by atoms with Gasteiger partial charge < -0.3 is 24.6 Å². The van der Waals surface area contributed by atoms with Gasteiger partial charge in [0, 0.05) is 49.7 Å². The topological polar surface area (TPSA) is 101 Å². The molecule has 0 spiro atoms. The van der Waals surface area contributed by atoms with Crippen LogP contribution in [0, 0.1) is 5.92 Å². The van der Waals surface area contributed by atoms with Gasteiger partial charge in [-0.2, -0.15) is 0 Å². The molecule has 3 amide bonds. The van der Waals surface area contributed by atoms with Crippen molar-refractivity contribution in [3.63, 3.8) is 0 Å². The molecule has 0 aliphatic carbocycles. The van der Waals surface area contributed by atoms with E-state index in [4.69, 9.17) is 21.1 Å². The number of likely N-dealkylation sites (tertiary alicyclic amines) is 1. The Hall–Kier alpha value is -3.95. The normalized spacial score (nSPS) is 16.6. The third kappa shape index (κ3) is 7.42. The fraction of sp³-hybridized carbons (Fsp3) is 0.355. The molecule has 214 valence electrons. The molecule has 9 nitrogen and oxygen atoms in total. The number of nitrogens with one attached hydrogen (secondary N) is 1. The van der Waals surface area contributed by atoms with E-state index in [-0.39, 0.29) is 29.2 Å². The molecule has 0 bridgehead atoms. The Morgan fingerprint density at radius 3 is 2.34 bits per heavy atom. The second kappa shape index (κ2) is 13.6. The van der Waals surface area contributed by atoms with Crippen molar-refractivity contribution in [2.75, 3.05) is 39.4 Å². The molecule has 3 aromatic rings. The van der Waals surface area contributed by atoms with E-state index in [1.165, 1.54) is 6.20 Å². The standard InChI is InChI=1S/C31H33ClN4O5/c32-24-8-10-25(11-9-24)41-29-26(7-4-14-33-29)28(37)34-27(21-22-5-2-1-3-6-22)31(39)35-15-12-23(13-16-35)30(38)36-17-19-40-20-18-36/h1-11,14,23,27H,12-13,15-21H2,(H,34,37)/t27-/m1/s1. The maximum atomic E-state index is 13.8. The first-order valence-corrected chi connectivity index (χ1v) is 14.2. The van der Waals surface area contributed by atoms with Gasteiger partial charge in [-0.1, -0.05) is 41.9 Å². The first kappa shape index (κ1) is 28.6. The molecule has 3 heterocycles. The maximum absolute atomic E-state index is 13.8. The highest BCUT2D eigenvalue weighted by molar-refractivity contribution is 6.30. The predicted molar refractivity (Wildman–Crippen MR) is 154 cm³/mol. The minimum atomic E-state index is -0.806. The molecule has 10 heteroatoms. The van der Waals surface area contributed by atoms with Gasteiger partial charge in [0.15, 0.2) is 0 Å². The number of aromatic nitrogens is 1. The third-order valence-electron chi connectivity index (χ3n) is 7.41. The highest BCUT2D eigenvalue weighted by Gasteiger charge is 2.34. The van der Waals surface area contributed by atoms with Crippen molar-refractivity contribution in [1.82, 2.24) is 20.1 Å². The Bertz CT molecular complexity index is 1340. The molecular weight excluding hydrogens is 544 g/mol. The number of piperidine rings is 1. The molecule has 2 saturated heterocycles. The van der Waals surface area contributed by atoms with Crippen LogP contribution in [-0.2, 0) is 20.7 Å². The second-order valence-corrected chi connectivity index (χ2v) is 10.6. The van der Waals surface area contributed by atoms with E-state index in [0.29, 0.717) is 69.4 Å². The quantitative estimate of drug-likeness (QED) is 0.436. The van der Waals surface area contributed by atoms with Gasteiger partial charge in [0.2, 0.25) is 17.7 Å². The Kier molecular flexibility index (Phi) is 9.48. The molecule has 2 aliphatic heterocycles. The number of pyridine rings is 1. The first-order chi connectivity index (χ1) is 20.0. The zero-order chi connectivity index (χ0) is 28.6. The largest absolute Gasteiger partial charge is 0.438 e. The molecule has 1 atom stereocenters. The fourth-order valence-electron chi connectivity index (χ4n) is 5.15. The first-order valence-electron chi connectivity index (χ1n) is 13.9. The molecule has 2 aromatic carbocycles. The van der Waals surface area contributed by atoms with Gasteiger partial charge in [-0.05, 0) is 54.8 Å². The SMILES string of the molecule is O=C(N[C@H](Cc1ccccc1)C(=O)N1CCC(C(=O)N2CCOCC2)CC1)c1cccnc1Oc1ccc(Cl)cc1. The van der Waals surface area contributed by atoms with Crippen molar-refractivity contribution in [2.45, 2.75) is 25.3 Å². The smallest absolute Gasteiger partial charge is 0.257 e.